The lowest BCUT2D eigenvalue weighted by atomic mass is 9.92. The third-order valence-electron chi connectivity index (χ3n) is 2.97. The molecule has 3 atom stereocenters. The van der Waals surface area contributed by atoms with Crippen LogP contribution in [0.2, 0.25) is 5.02 Å². The fourth-order valence-electron chi connectivity index (χ4n) is 1.78. The Morgan fingerprint density at radius 3 is 2.79 bits per heavy atom. The van der Waals surface area contributed by atoms with Gasteiger partial charge in [0, 0.05) is 16.2 Å². The molecule has 0 aliphatic carbocycles. The van der Waals surface area contributed by atoms with Gasteiger partial charge in [-0.3, -0.25) is 0 Å². The fraction of sp³-hybridized carbons (Fsp3) is 0.455. The molecule has 0 fully saturated rings. The first kappa shape index (κ1) is 10.3. The largest absolute Gasteiger partial charge is 0.324 e. The van der Waals surface area contributed by atoms with Crippen molar-refractivity contribution < 1.29 is 0 Å². The number of benzene rings is 1. The van der Waals surface area contributed by atoms with Crippen molar-refractivity contribution in [1.82, 2.24) is 0 Å². The molecule has 0 amide bonds. The Hall–Kier alpha value is -0.180. The van der Waals surface area contributed by atoms with Gasteiger partial charge in [0.05, 0.1) is 5.02 Å². The summed E-state index contributed by atoms with van der Waals surface area (Å²) in [5.41, 5.74) is 7.38. The summed E-state index contributed by atoms with van der Waals surface area (Å²) in [5.74, 6) is 0.506. The van der Waals surface area contributed by atoms with Gasteiger partial charge in [0.2, 0.25) is 0 Å². The molecule has 0 saturated heterocycles. The van der Waals surface area contributed by atoms with E-state index in [0.29, 0.717) is 11.2 Å². The van der Waals surface area contributed by atoms with Crippen molar-refractivity contribution in [2.24, 2.45) is 11.7 Å². The molecule has 0 spiro atoms. The Morgan fingerprint density at radius 1 is 1.36 bits per heavy atom. The molecule has 0 bridgehead atoms. The molecule has 1 aromatic carbocycles. The second kappa shape index (κ2) is 3.76. The molecule has 2 rings (SSSR count). The molecule has 2 N–H and O–H groups in total. The first-order chi connectivity index (χ1) is 6.61. The molecule has 0 aromatic heterocycles. The van der Waals surface area contributed by atoms with E-state index in [2.05, 4.69) is 19.9 Å². The molecule has 3 heteroatoms. The lowest BCUT2D eigenvalue weighted by molar-refractivity contribution is 0.453. The lowest BCUT2D eigenvalue weighted by Gasteiger charge is -2.33. The predicted molar refractivity (Wildman–Crippen MR) is 62.9 cm³/mol. The third-order valence-corrected chi connectivity index (χ3v) is 4.89. The molecule has 76 valence electrons. The van der Waals surface area contributed by atoms with E-state index in [9.17, 15) is 0 Å². The van der Waals surface area contributed by atoms with E-state index < -0.39 is 0 Å². The maximum Gasteiger partial charge on any atom is 0.0545 e. The molecule has 14 heavy (non-hydrogen) atoms. The van der Waals surface area contributed by atoms with Crippen LogP contribution < -0.4 is 5.73 Å². The number of nitrogens with two attached hydrogens (primary N) is 1. The lowest BCUT2D eigenvalue weighted by Crippen LogP contribution is -2.29. The fourth-order valence-corrected chi connectivity index (χ4v) is 3.37. The Balaban J connectivity index is 2.50. The van der Waals surface area contributed by atoms with Crippen LogP contribution in [0, 0.1) is 5.92 Å². The van der Waals surface area contributed by atoms with Gasteiger partial charge in [-0.05, 0) is 17.5 Å². The maximum atomic E-state index is 6.18. The van der Waals surface area contributed by atoms with Gasteiger partial charge in [-0.25, -0.2) is 0 Å². The standard InChI is InChI=1S/C11H14ClNS/c1-6-7(2)14-11-8(10(6)13)4-3-5-9(11)12/h3-7,10H,13H2,1-2H3. The van der Waals surface area contributed by atoms with Gasteiger partial charge in [-0.1, -0.05) is 37.6 Å². The topological polar surface area (TPSA) is 26.0 Å². The Kier molecular flexibility index (Phi) is 2.78. The van der Waals surface area contributed by atoms with Gasteiger partial charge < -0.3 is 5.73 Å². The zero-order valence-electron chi connectivity index (χ0n) is 8.33. The van der Waals surface area contributed by atoms with Crippen LogP contribution in [0.1, 0.15) is 25.5 Å². The van der Waals surface area contributed by atoms with Gasteiger partial charge in [-0.15, -0.1) is 11.8 Å². The number of fused-ring (bicyclic) bond motifs is 1. The van der Waals surface area contributed by atoms with Gasteiger partial charge in [0.15, 0.2) is 0 Å². The van der Waals surface area contributed by atoms with Crippen molar-refractivity contribution in [1.29, 1.82) is 0 Å². The summed E-state index contributed by atoms with van der Waals surface area (Å²) < 4.78 is 0. The second-order valence-corrected chi connectivity index (χ2v) is 5.66. The van der Waals surface area contributed by atoms with Crippen LogP contribution >= 0.6 is 23.4 Å². The number of rotatable bonds is 0. The van der Waals surface area contributed by atoms with Crippen molar-refractivity contribution in [2.75, 3.05) is 0 Å². The minimum atomic E-state index is 0.125. The Bertz CT molecular complexity index is 353. The number of thioether (sulfide) groups is 1. The molecule has 1 aromatic rings. The van der Waals surface area contributed by atoms with Crippen LogP contribution in [0.5, 0.6) is 0 Å². The van der Waals surface area contributed by atoms with Crippen LogP contribution in [0.4, 0.5) is 0 Å². The van der Waals surface area contributed by atoms with Crippen molar-refractivity contribution in [3.8, 4) is 0 Å². The minimum absolute atomic E-state index is 0.125. The van der Waals surface area contributed by atoms with Gasteiger partial charge in [0.25, 0.3) is 0 Å². The van der Waals surface area contributed by atoms with Crippen LogP contribution in [-0.4, -0.2) is 5.25 Å². The molecule has 1 nitrogen and oxygen atoms in total. The zero-order valence-corrected chi connectivity index (χ0v) is 9.90. The minimum Gasteiger partial charge on any atom is -0.324 e. The van der Waals surface area contributed by atoms with E-state index in [4.69, 9.17) is 17.3 Å². The highest BCUT2D eigenvalue weighted by molar-refractivity contribution is 8.00. The van der Waals surface area contributed by atoms with Gasteiger partial charge >= 0.3 is 0 Å². The maximum absolute atomic E-state index is 6.18. The highest BCUT2D eigenvalue weighted by atomic mass is 35.5. The monoisotopic (exact) mass is 227 g/mol. The van der Waals surface area contributed by atoms with E-state index in [1.54, 1.807) is 0 Å². The van der Waals surface area contributed by atoms with Gasteiger partial charge in [-0.2, -0.15) is 0 Å². The van der Waals surface area contributed by atoms with E-state index in [1.807, 2.05) is 23.9 Å². The smallest absolute Gasteiger partial charge is 0.0545 e. The van der Waals surface area contributed by atoms with Crippen LogP contribution in [0.15, 0.2) is 23.1 Å². The highest BCUT2D eigenvalue weighted by Gasteiger charge is 2.30. The van der Waals surface area contributed by atoms with Crippen LogP contribution in [0.25, 0.3) is 0 Å². The average molecular weight is 228 g/mol. The summed E-state index contributed by atoms with van der Waals surface area (Å²) in [6.07, 6.45) is 0. The molecule has 1 heterocycles. The number of hydrogen-bond acceptors (Lipinski definition) is 2. The van der Waals surface area contributed by atoms with E-state index in [-0.39, 0.29) is 6.04 Å². The summed E-state index contributed by atoms with van der Waals surface area (Å²) in [7, 11) is 0. The summed E-state index contributed by atoms with van der Waals surface area (Å²) in [5, 5.41) is 1.37. The molecule has 1 aliphatic rings. The molecular formula is C11H14ClNS. The SMILES string of the molecule is CC1Sc2c(Cl)cccc2C(N)C1C. The summed E-state index contributed by atoms with van der Waals surface area (Å²) in [4.78, 5) is 1.17. The average Bonchev–Trinajstić information content (AvgIpc) is 2.17. The Morgan fingerprint density at radius 2 is 2.07 bits per heavy atom. The van der Waals surface area contributed by atoms with E-state index in [1.165, 1.54) is 10.5 Å². The molecular weight excluding hydrogens is 214 g/mol. The van der Waals surface area contributed by atoms with Crippen molar-refractivity contribution >= 4 is 23.4 Å². The first-order valence-corrected chi connectivity index (χ1v) is 6.07. The highest BCUT2D eigenvalue weighted by Crippen LogP contribution is 2.45. The van der Waals surface area contributed by atoms with Crippen LogP contribution in [0.3, 0.4) is 0 Å². The van der Waals surface area contributed by atoms with Gasteiger partial charge in [0.1, 0.15) is 0 Å². The normalized spacial score (nSPS) is 31.3. The van der Waals surface area contributed by atoms with Crippen molar-refractivity contribution in [2.45, 2.75) is 30.0 Å². The molecule has 3 unspecified atom stereocenters. The second-order valence-electron chi connectivity index (χ2n) is 3.87. The third kappa shape index (κ3) is 1.56. The van der Waals surface area contributed by atoms with Crippen molar-refractivity contribution in [3.63, 3.8) is 0 Å². The van der Waals surface area contributed by atoms with Crippen molar-refractivity contribution in [3.05, 3.63) is 28.8 Å². The Labute approximate surface area is 94.0 Å². The van der Waals surface area contributed by atoms with E-state index >= 15 is 0 Å². The predicted octanol–water partition coefficient (Wildman–Crippen LogP) is 3.47. The van der Waals surface area contributed by atoms with E-state index in [0.717, 1.165) is 5.02 Å². The summed E-state index contributed by atoms with van der Waals surface area (Å²) in [6.45, 7) is 4.41. The molecule has 1 aliphatic heterocycles. The summed E-state index contributed by atoms with van der Waals surface area (Å²) >= 11 is 7.98. The summed E-state index contributed by atoms with van der Waals surface area (Å²) in [6, 6.07) is 6.12. The number of hydrogen-bond donors (Lipinski definition) is 1. The van der Waals surface area contributed by atoms with Crippen LogP contribution in [-0.2, 0) is 0 Å². The quantitative estimate of drug-likeness (QED) is 0.735. The zero-order chi connectivity index (χ0) is 10.3. The first-order valence-electron chi connectivity index (χ1n) is 4.82. The molecule has 0 radical (unpaired) electrons. The number of halogens is 1. The molecule has 0 saturated carbocycles.